The van der Waals surface area contributed by atoms with Gasteiger partial charge in [-0.15, -0.1) is 11.3 Å². The summed E-state index contributed by atoms with van der Waals surface area (Å²) >= 11 is 4.88. The molecule has 0 saturated carbocycles. The van der Waals surface area contributed by atoms with Gasteiger partial charge < -0.3 is 5.32 Å². The van der Waals surface area contributed by atoms with Gasteiger partial charge in [-0.05, 0) is 53.8 Å². The third kappa shape index (κ3) is 3.41. The number of imide groups is 1. The lowest BCUT2D eigenvalue weighted by atomic mass is 10.1. The fourth-order valence-electron chi connectivity index (χ4n) is 3.12. The van der Waals surface area contributed by atoms with Gasteiger partial charge in [-0.25, -0.2) is 4.90 Å². The van der Waals surface area contributed by atoms with E-state index in [-0.39, 0.29) is 11.8 Å². The Labute approximate surface area is 175 Å². The zero-order valence-corrected chi connectivity index (χ0v) is 17.5. The fraction of sp³-hybridized carbons (Fsp3) is 0.0909. The standard InChI is InChI=1S/C22H17BrN2O2S/c1-2-14-8-10-17(11-9-14)25-21(26)19(18-7-4-12-28-18)20(22(25)27)24-16-6-3-5-15(23)13-16/h3-13,24H,2H2,1H3. The van der Waals surface area contributed by atoms with Gasteiger partial charge in [0, 0.05) is 15.0 Å². The Hall–Kier alpha value is -2.70. The number of carbonyl (C=O) groups is 2. The highest BCUT2D eigenvalue weighted by atomic mass is 79.9. The summed E-state index contributed by atoms with van der Waals surface area (Å²) < 4.78 is 0.888. The molecule has 1 aromatic heterocycles. The van der Waals surface area contributed by atoms with Crippen LogP contribution in [0.2, 0.25) is 0 Å². The number of anilines is 2. The minimum absolute atomic E-state index is 0.296. The summed E-state index contributed by atoms with van der Waals surface area (Å²) in [4.78, 5) is 28.5. The van der Waals surface area contributed by atoms with Crippen LogP contribution in [0.5, 0.6) is 0 Å². The molecule has 0 aliphatic carbocycles. The zero-order valence-electron chi connectivity index (χ0n) is 15.1. The van der Waals surface area contributed by atoms with Crippen LogP contribution in [0.15, 0.2) is 76.2 Å². The number of aryl methyl sites for hydroxylation is 1. The molecule has 0 bridgehead atoms. The van der Waals surface area contributed by atoms with Crippen molar-refractivity contribution < 1.29 is 9.59 Å². The number of rotatable bonds is 5. The number of thiophene rings is 1. The van der Waals surface area contributed by atoms with Gasteiger partial charge in [0.25, 0.3) is 11.8 Å². The Kier molecular flexibility index (Phi) is 5.15. The van der Waals surface area contributed by atoms with E-state index in [0.29, 0.717) is 17.0 Å². The lowest BCUT2D eigenvalue weighted by Crippen LogP contribution is -2.32. The molecule has 1 aliphatic heterocycles. The van der Waals surface area contributed by atoms with Crippen molar-refractivity contribution in [3.05, 3.63) is 86.7 Å². The first kappa shape index (κ1) is 18.7. The van der Waals surface area contributed by atoms with Crippen molar-refractivity contribution in [1.82, 2.24) is 0 Å². The summed E-state index contributed by atoms with van der Waals surface area (Å²) in [5.74, 6) is -0.660. The fourth-order valence-corrected chi connectivity index (χ4v) is 4.29. The SMILES string of the molecule is CCc1ccc(N2C(=O)C(Nc3cccc(Br)c3)=C(c3cccs3)C2=O)cc1. The number of nitrogens with one attached hydrogen (secondary N) is 1. The highest BCUT2D eigenvalue weighted by molar-refractivity contribution is 9.10. The molecular weight excluding hydrogens is 436 g/mol. The van der Waals surface area contributed by atoms with Gasteiger partial charge in [0.15, 0.2) is 0 Å². The maximum absolute atomic E-state index is 13.2. The largest absolute Gasteiger partial charge is 0.350 e. The maximum Gasteiger partial charge on any atom is 0.282 e. The van der Waals surface area contributed by atoms with Gasteiger partial charge in [0.05, 0.1) is 11.3 Å². The maximum atomic E-state index is 13.2. The monoisotopic (exact) mass is 452 g/mol. The number of carbonyl (C=O) groups excluding carboxylic acids is 2. The molecule has 2 amide bonds. The molecule has 0 saturated heterocycles. The van der Waals surface area contributed by atoms with Gasteiger partial charge in [-0.1, -0.05) is 47.1 Å². The lowest BCUT2D eigenvalue weighted by Gasteiger charge is -2.16. The Bertz CT molecular complexity index is 1070. The molecule has 0 atom stereocenters. The number of amides is 2. The highest BCUT2D eigenvalue weighted by Crippen LogP contribution is 2.35. The molecular formula is C22H17BrN2O2S. The minimum atomic E-state index is -0.349. The molecule has 0 radical (unpaired) electrons. The first-order valence-corrected chi connectivity index (χ1v) is 10.5. The second kappa shape index (κ2) is 7.73. The molecule has 0 spiro atoms. The first-order chi connectivity index (χ1) is 13.6. The lowest BCUT2D eigenvalue weighted by molar-refractivity contribution is -0.120. The summed E-state index contributed by atoms with van der Waals surface area (Å²) in [6.07, 6.45) is 0.899. The molecule has 28 heavy (non-hydrogen) atoms. The molecule has 140 valence electrons. The van der Waals surface area contributed by atoms with Crippen LogP contribution in [0.1, 0.15) is 17.4 Å². The van der Waals surface area contributed by atoms with E-state index >= 15 is 0 Å². The Morgan fingerprint density at radius 2 is 1.79 bits per heavy atom. The van der Waals surface area contributed by atoms with E-state index < -0.39 is 0 Å². The van der Waals surface area contributed by atoms with Crippen molar-refractivity contribution in [3.8, 4) is 0 Å². The van der Waals surface area contributed by atoms with Crippen LogP contribution in [0.25, 0.3) is 5.57 Å². The summed E-state index contributed by atoms with van der Waals surface area (Å²) in [6.45, 7) is 2.07. The Morgan fingerprint density at radius 1 is 1.00 bits per heavy atom. The number of nitrogens with zero attached hydrogens (tertiary/aromatic N) is 1. The van der Waals surface area contributed by atoms with E-state index in [1.807, 2.05) is 66.0 Å². The van der Waals surface area contributed by atoms with Crippen molar-refractivity contribution in [3.63, 3.8) is 0 Å². The predicted molar refractivity (Wildman–Crippen MR) is 117 cm³/mol. The molecule has 3 aromatic rings. The van der Waals surface area contributed by atoms with Crippen molar-refractivity contribution in [2.45, 2.75) is 13.3 Å². The van der Waals surface area contributed by atoms with Gasteiger partial charge in [0.1, 0.15) is 5.70 Å². The first-order valence-electron chi connectivity index (χ1n) is 8.87. The predicted octanol–water partition coefficient (Wildman–Crippen LogP) is 5.47. The second-order valence-corrected chi connectivity index (χ2v) is 8.19. The topological polar surface area (TPSA) is 49.4 Å². The van der Waals surface area contributed by atoms with Crippen LogP contribution >= 0.6 is 27.3 Å². The van der Waals surface area contributed by atoms with Crippen molar-refractivity contribution in [2.75, 3.05) is 10.2 Å². The average molecular weight is 453 g/mol. The highest BCUT2D eigenvalue weighted by Gasteiger charge is 2.40. The van der Waals surface area contributed by atoms with Crippen LogP contribution < -0.4 is 10.2 Å². The molecule has 2 aromatic carbocycles. The van der Waals surface area contributed by atoms with E-state index in [0.717, 1.165) is 27.0 Å². The Balaban J connectivity index is 1.77. The van der Waals surface area contributed by atoms with Gasteiger partial charge in [-0.3, -0.25) is 9.59 Å². The second-order valence-electron chi connectivity index (χ2n) is 6.33. The zero-order chi connectivity index (χ0) is 19.7. The van der Waals surface area contributed by atoms with E-state index in [4.69, 9.17) is 0 Å². The summed E-state index contributed by atoms with van der Waals surface area (Å²) in [5, 5.41) is 5.07. The number of benzene rings is 2. The molecule has 1 N–H and O–H groups in total. The van der Waals surface area contributed by atoms with Gasteiger partial charge >= 0.3 is 0 Å². The molecule has 2 heterocycles. The van der Waals surface area contributed by atoms with E-state index in [1.54, 1.807) is 0 Å². The molecule has 1 aliphatic rings. The molecule has 4 nitrogen and oxygen atoms in total. The van der Waals surface area contributed by atoms with Crippen molar-refractivity contribution in [1.29, 1.82) is 0 Å². The molecule has 4 rings (SSSR count). The quantitative estimate of drug-likeness (QED) is 0.522. The molecule has 6 heteroatoms. The van der Waals surface area contributed by atoms with Crippen LogP contribution in [0.3, 0.4) is 0 Å². The summed E-state index contributed by atoms with van der Waals surface area (Å²) in [7, 11) is 0. The van der Waals surface area contributed by atoms with Crippen molar-refractivity contribution in [2.24, 2.45) is 0 Å². The van der Waals surface area contributed by atoms with E-state index in [1.165, 1.54) is 16.2 Å². The number of hydrogen-bond donors (Lipinski definition) is 1. The van der Waals surface area contributed by atoms with Crippen LogP contribution in [-0.4, -0.2) is 11.8 Å². The van der Waals surface area contributed by atoms with Gasteiger partial charge in [0.2, 0.25) is 0 Å². The van der Waals surface area contributed by atoms with Crippen molar-refractivity contribution >= 4 is 56.0 Å². The normalized spacial score (nSPS) is 14.1. The number of halogens is 1. The van der Waals surface area contributed by atoms with Crippen LogP contribution in [0, 0.1) is 0 Å². The average Bonchev–Trinajstić information content (AvgIpc) is 3.29. The van der Waals surface area contributed by atoms with E-state index in [9.17, 15) is 9.59 Å². The van der Waals surface area contributed by atoms with Crippen LogP contribution in [-0.2, 0) is 16.0 Å². The molecule has 0 unspecified atom stereocenters. The number of hydrogen-bond acceptors (Lipinski definition) is 4. The van der Waals surface area contributed by atoms with E-state index in [2.05, 4.69) is 28.2 Å². The molecule has 0 fully saturated rings. The summed E-state index contributed by atoms with van der Waals surface area (Å²) in [6, 6.07) is 18.8. The third-order valence-electron chi connectivity index (χ3n) is 4.55. The smallest absolute Gasteiger partial charge is 0.282 e. The Morgan fingerprint density at radius 3 is 2.43 bits per heavy atom. The van der Waals surface area contributed by atoms with Gasteiger partial charge in [-0.2, -0.15) is 0 Å². The minimum Gasteiger partial charge on any atom is -0.350 e. The van der Waals surface area contributed by atoms with Crippen LogP contribution in [0.4, 0.5) is 11.4 Å². The summed E-state index contributed by atoms with van der Waals surface area (Å²) in [5.41, 5.74) is 3.17. The third-order valence-corrected chi connectivity index (χ3v) is 5.93.